The first-order valence-electron chi connectivity index (χ1n) is 3.07. The van der Waals surface area contributed by atoms with Gasteiger partial charge in [-0.05, 0) is 0 Å². The molecule has 9 heteroatoms. The van der Waals surface area contributed by atoms with Gasteiger partial charge in [-0.15, -0.1) is 0 Å². The van der Waals surface area contributed by atoms with E-state index in [2.05, 4.69) is 0 Å². The third-order valence-corrected chi connectivity index (χ3v) is 2.84. The molecule has 1 saturated heterocycles. The molecular weight excluding hydrogens is 212 g/mol. The van der Waals surface area contributed by atoms with Crippen LogP contribution in [0.25, 0.3) is 0 Å². The van der Waals surface area contributed by atoms with Crippen molar-refractivity contribution < 1.29 is 59.3 Å². The molecule has 0 aliphatic carbocycles. The van der Waals surface area contributed by atoms with E-state index in [1.54, 1.807) is 0 Å². The van der Waals surface area contributed by atoms with Crippen LogP contribution in [0.15, 0.2) is 0 Å². The molecule has 0 spiro atoms. The van der Waals surface area contributed by atoms with E-state index in [0.717, 1.165) is 0 Å². The van der Waals surface area contributed by atoms with Gasteiger partial charge in [0.1, 0.15) is 0 Å². The van der Waals surface area contributed by atoms with Gasteiger partial charge in [-0.25, -0.2) is 0 Å². The second-order valence-corrected chi connectivity index (χ2v) is 4.23. The molecule has 7 nitrogen and oxygen atoms in total. The summed E-state index contributed by atoms with van der Waals surface area (Å²) in [5, 5.41) is 17.3. The molecule has 0 aromatic heterocycles. The summed E-state index contributed by atoms with van der Waals surface area (Å²) in [6, 6.07) is 0. The predicted octanol–water partition coefficient (Wildman–Crippen LogP) is -6.23. The van der Waals surface area contributed by atoms with Crippen molar-refractivity contribution in [3.63, 3.8) is 0 Å². The van der Waals surface area contributed by atoms with Crippen LogP contribution in [-0.4, -0.2) is 38.1 Å². The van der Waals surface area contributed by atoms with Gasteiger partial charge in [0.15, 0.2) is 11.9 Å². The Morgan fingerprint density at radius 3 is 2.15 bits per heavy atom. The predicted molar refractivity (Wildman–Crippen MR) is 32.2 cm³/mol. The van der Waals surface area contributed by atoms with Crippen LogP contribution in [0.4, 0.5) is 0 Å². The van der Waals surface area contributed by atoms with Crippen LogP contribution in [0.2, 0.25) is 0 Å². The number of hydroxylamine groups is 2. The molecule has 1 fully saturated rings. The van der Waals surface area contributed by atoms with Crippen molar-refractivity contribution in [3.8, 4) is 0 Å². The zero-order valence-corrected chi connectivity index (χ0v) is 9.72. The molecule has 0 radical (unpaired) electrons. The van der Waals surface area contributed by atoms with Gasteiger partial charge in [0, 0.05) is 6.42 Å². The molecule has 1 aliphatic heterocycles. The van der Waals surface area contributed by atoms with Crippen LogP contribution < -0.4 is 39.3 Å². The molecule has 2 unspecified atom stereocenters. The van der Waals surface area contributed by atoms with E-state index in [9.17, 15) is 14.6 Å². The minimum atomic E-state index is -4.81. The maximum absolute atomic E-state index is 10.7. The summed E-state index contributed by atoms with van der Waals surface area (Å²) in [5.74, 6) is -1.21. The van der Waals surface area contributed by atoms with E-state index < -0.39 is 32.2 Å². The normalized spacial score (nSPS) is 29.0. The van der Waals surface area contributed by atoms with Gasteiger partial charge in [0.2, 0.25) is 0 Å². The van der Waals surface area contributed by atoms with Crippen molar-refractivity contribution in [1.82, 2.24) is 5.06 Å². The fourth-order valence-electron chi connectivity index (χ4n) is 0.973. The van der Waals surface area contributed by atoms with Gasteiger partial charge in [-0.1, -0.05) is 0 Å². The van der Waals surface area contributed by atoms with Crippen molar-refractivity contribution in [2.45, 2.75) is 18.3 Å². The van der Waals surface area contributed by atoms with Crippen LogP contribution in [-0.2, 0) is 4.79 Å². The van der Waals surface area contributed by atoms with E-state index in [1.807, 2.05) is 0 Å². The number of nitrogens with zero attached hydrogens (tertiary/aromatic N) is 1. The first kappa shape index (κ1) is 13.7. The Morgan fingerprint density at radius 1 is 1.54 bits per heavy atom. The Morgan fingerprint density at radius 2 is 2.00 bits per heavy atom. The van der Waals surface area contributed by atoms with Gasteiger partial charge >= 0.3 is 29.6 Å². The van der Waals surface area contributed by atoms with Crippen molar-refractivity contribution in [1.29, 1.82) is 0 Å². The average molecular weight is 219 g/mol. The molecule has 0 saturated carbocycles. The van der Waals surface area contributed by atoms with Crippen LogP contribution >= 0.6 is 7.94 Å². The monoisotopic (exact) mass is 219 g/mol. The molecule has 3 N–H and O–H groups in total. The molecule has 1 heterocycles. The summed E-state index contributed by atoms with van der Waals surface area (Å²) in [6.07, 6.45) is -2.07. The van der Waals surface area contributed by atoms with Gasteiger partial charge in [-0.2, -0.15) is 5.06 Å². The van der Waals surface area contributed by atoms with Gasteiger partial charge < -0.3 is 14.9 Å². The molecule has 13 heavy (non-hydrogen) atoms. The molecule has 0 bridgehead atoms. The molecule has 0 aromatic carbocycles. The number of aliphatic hydroxyl groups excluding tert-OH is 1. The van der Waals surface area contributed by atoms with E-state index >= 15 is 0 Å². The maximum atomic E-state index is 10.7. The van der Waals surface area contributed by atoms with Gasteiger partial charge in [0.05, 0.1) is 7.94 Å². The third kappa shape index (κ3) is 2.82. The van der Waals surface area contributed by atoms with Crippen molar-refractivity contribution in [2.75, 3.05) is 0 Å². The van der Waals surface area contributed by atoms with E-state index in [1.165, 1.54) is 0 Å². The second-order valence-electron chi connectivity index (χ2n) is 2.48. The topological polar surface area (TPSA) is 127 Å². The standard InChI is InChI=1S/C4H8NO6P.Na/c6-3-1-2(12(9,10)11)4(7)5(3)8;/h2-3,6,8H,1H2,(H2,9,10,11);/q;+1/p-1. The van der Waals surface area contributed by atoms with Gasteiger partial charge in [0.25, 0.3) is 5.91 Å². The summed E-state index contributed by atoms with van der Waals surface area (Å²) in [5.41, 5.74) is -1.72. The van der Waals surface area contributed by atoms with E-state index in [0.29, 0.717) is 0 Å². The summed E-state index contributed by atoms with van der Waals surface area (Å²) < 4.78 is 0. The molecule has 1 amide bonds. The number of aliphatic hydroxyl groups is 1. The van der Waals surface area contributed by atoms with Crippen molar-refractivity contribution in [2.24, 2.45) is 0 Å². The largest absolute Gasteiger partial charge is 1.00 e. The minimum absolute atomic E-state index is 0. The van der Waals surface area contributed by atoms with Crippen molar-refractivity contribution >= 4 is 13.9 Å². The number of hydrogen-bond donors (Lipinski definition) is 3. The Kier molecular flexibility index (Phi) is 4.72. The van der Waals surface area contributed by atoms with E-state index in [-0.39, 0.29) is 34.6 Å². The zero-order chi connectivity index (χ0) is 9.52. The summed E-state index contributed by atoms with van der Waals surface area (Å²) in [4.78, 5) is 40.1. The number of hydrogen-bond acceptors (Lipinski definition) is 6. The Hall–Kier alpha value is 0.700. The summed E-state index contributed by atoms with van der Waals surface area (Å²) in [6.45, 7) is 0. The third-order valence-electron chi connectivity index (χ3n) is 1.62. The first-order chi connectivity index (χ1) is 5.34. The SMILES string of the molecule is O=C1C([P+]([O-])([O-])O)CC(O)N1O.[Na+]. The number of carbonyl (C=O) groups excluding carboxylic acids is 1. The second kappa shape index (κ2) is 4.48. The number of carbonyl (C=O) groups is 1. The smallest absolute Gasteiger partial charge is 0.659 e. The zero-order valence-electron chi connectivity index (χ0n) is 6.82. The van der Waals surface area contributed by atoms with Crippen LogP contribution in [0.3, 0.4) is 0 Å². The Labute approximate surface area is 96.4 Å². The maximum Gasteiger partial charge on any atom is 1.00 e. The van der Waals surface area contributed by atoms with Crippen LogP contribution in [0, 0.1) is 0 Å². The molecule has 1 aliphatic rings. The quantitative estimate of drug-likeness (QED) is 0.229. The fourth-order valence-corrected chi connectivity index (χ4v) is 1.83. The Balaban J connectivity index is 0.00000144. The summed E-state index contributed by atoms with van der Waals surface area (Å²) in [7, 11) is -4.81. The molecule has 0 aromatic rings. The number of rotatable bonds is 1. The van der Waals surface area contributed by atoms with Crippen LogP contribution in [0.1, 0.15) is 6.42 Å². The van der Waals surface area contributed by atoms with Crippen molar-refractivity contribution in [3.05, 3.63) is 0 Å². The first-order valence-corrected chi connectivity index (χ1v) is 4.72. The average Bonchev–Trinajstić information content (AvgIpc) is 2.15. The summed E-state index contributed by atoms with van der Waals surface area (Å²) >= 11 is 0. The van der Waals surface area contributed by atoms with E-state index in [4.69, 9.17) is 15.2 Å². The molecule has 1 rings (SSSR count). The molecule has 2 atom stereocenters. The number of amides is 1. The van der Waals surface area contributed by atoms with Gasteiger partial charge in [-0.3, -0.25) is 14.9 Å². The fraction of sp³-hybridized carbons (Fsp3) is 0.750. The minimum Gasteiger partial charge on any atom is -0.659 e. The Bertz CT molecular complexity index is 207. The molecule has 70 valence electrons. The van der Waals surface area contributed by atoms with Crippen LogP contribution in [0.5, 0.6) is 0 Å². The molecular formula is C4H7NNaO6P.